The van der Waals surface area contributed by atoms with Crippen LogP contribution in [0.4, 0.5) is 11.6 Å². The van der Waals surface area contributed by atoms with Crippen molar-refractivity contribution in [2.75, 3.05) is 30.8 Å². The van der Waals surface area contributed by atoms with Crippen LogP contribution in [0.2, 0.25) is 5.02 Å². The summed E-state index contributed by atoms with van der Waals surface area (Å²) < 4.78 is 2.30. The molecule has 6 nitrogen and oxygen atoms in total. The lowest BCUT2D eigenvalue weighted by Gasteiger charge is -2.20. The molecule has 0 amide bonds. The lowest BCUT2D eigenvalue weighted by molar-refractivity contribution is 0.616. The number of anilines is 2. The summed E-state index contributed by atoms with van der Waals surface area (Å²) in [6, 6.07) is 0.478. The fraction of sp³-hybridized carbons (Fsp3) is 0.455. The lowest BCUT2D eigenvalue weighted by atomic mass is 10.3. The second-order valence-electron chi connectivity index (χ2n) is 4.58. The third kappa shape index (κ3) is 2.05. The zero-order valence-electron chi connectivity index (χ0n) is 10.4. The molecule has 2 aromatic rings. The van der Waals surface area contributed by atoms with Gasteiger partial charge in [-0.25, -0.2) is 4.98 Å². The van der Waals surface area contributed by atoms with E-state index in [4.69, 9.17) is 17.3 Å². The van der Waals surface area contributed by atoms with Crippen molar-refractivity contribution in [3.63, 3.8) is 0 Å². The third-order valence-electron chi connectivity index (χ3n) is 3.46. The molecule has 0 aromatic carbocycles. The number of hydrogen-bond acceptors (Lipinski definition) is 5. The van der Waals surface area contributed by atoms with Crippen LogP contribution in [0, 0.1) is 0 Å². The maximum absolute atomic E-state index is 6.08. The van der Waals surface area contributed by atoms with Crippen LogP contribution >= 0.6 is 27.5 Å². The van der Waals surface area contributed by atoms with Gasteiger partial charge in [0.1, 0.15) is 21.1 Å². The molecule has 0 spiro atoms. The van der Waals surface area contributed by atoms with E-state index in [9.17, 15) is 0 Å². The smallest absolute Gasteiger partial charge is 0.178 e. The number of fused-ring (bicyclic) bond motifs is 1. The minimum absolute atomic E-state index is 0.478. The second-order valence-corrected chi connectivity index (χ2v) is 5.78. The number of nitrogens with one attached hydrogen (secondary N) is 1. The molecule has 102 valence electrons. The van der Waals surface area contributed by atoms with Crippen LogP contribution < -0.4 is 16.0 Å². The monoisotopic (exact) mass is 344 g/mol. The Morgan fingerprint density at radius 3 is 3.05 bits per heavy atom. The van der Waals surface area contributed by atoms with E-state index >= 15 is 0 Å². The van der Waals surface area contributed by atoms with Crippen LogP contribution in [0.1, 0.15) is 6.42 Å². The molecule has 0 radical (unpaired) electrons. The molecule has 2 aromatic heterocycles. The zero-order valence-corrected chi connectivity index (χ0v) is 12.7. The Bertz CT molecular complexity index is 627. The molecule has 1 aliphatic rings. The van der Waals surface area contributed by atoms with Crippen LogP contribution in [0.3, 0.4) is 0 Å². The molecular weight excluding hydrogens is 332 g/mol. The maximum atomic E-state index is 6.08. The summed E-state index contributed by atoms with van der Waals surface area (Å²) in [4.78, 5) is 6.79. The second kappa shape index (κ2) is 4.81. The quantitative estimate of drug-likeness (QED) is 0.863. The first-order chi connectivity index (χ1) is 9.11. The average molecular weight is 346 g/mol. The highest BCUT2D eigenvalue weighted by Gasteiger charge is 2.26. The maximum Gasteiger partial charge on any atom is 0.178 e. The van der Waals surface area contributed by atoms with E-state index in [1.165, 1.54) is 0 Å². The highest BCUT2D eigenvalue weighted by molar-refractivity contribution is 9.10. The van der Waals surface area contributed by atoms with Gasteiger partial charge in [-0.05, 0) is 29.4 Å². The predicted octanol–water partition coefficient (Wildman–Crippen LogP) is 1.53. The van der Waals surface area contributed by atoms with Gasteiger partial charge in [-0.2, -0.15) is 9.61 Å². The van der Waals surface area contributed by atoms with Crippen LogP contribution in [-0.2, 0) is 0 Å². The number of aromatic nitrogens is 3. The molecule has 0 saturated carbocycles. The van der Waals surface area contributed by atoms with Crippen molar-refractivity contribution in [1.29, 1.82) is 0 Å². The molecule has 0 aliphatic carbocycles. The summed E-state index contributed by atoms with van der Waals surface area (Å²) in [7, 11) is 1.97. The number of rotatable bonds is 2. The molecule has 0 unspecified atom stereocenters. The summed E-state index contributed by atoms with van der Waals surface area (Å²) in [6.07, 6.45) is 2.64. The van der Waals surface area contributed by atoms with Crippen molar-refractivity contribution in [1.82, 2.24) is 19.9 Å². The summed E-state index contributed by atoms with van der Waals surface area (Å²) in [6.45, 7) is 1.85. The number of likely N-dealkylation sites (N-methyl/N-ethyl adjacent to an activating group) is 1. The van der Waals surface area contributed by atoms with E-state index in [0.29, 0.717) is 22.5 Å². The molecule has 0 bridgehead atoms. The van der Waals surface area contributed by atoms with Gasteiger partial charge >= 0.3 is 0 Å². The van der Waals surface area contributed by atoms with Gasteiger partial charge in [0.2, 0.25) is 0 Å². The number of halogens is 2. The molecule has 3 heterocycles. The summed E-state index contributed by atoms with van der Waals surface area (Å²) in [5.74, 6) is 1.34. The molecule has 3 N–H and O–H groups in total. The highest BCUT2D eigenvalue weighted by Crippen LogP contribution is 2.33. The van der Waals surface area contributed by atoms with Crippen LogP contribution in [0.25, 0.3) is 5.65 Å². The van der Waals surface area contributed by atoms with Crippen molar-refractivity contribution in [3.05, 3.63) is 15.7 Å². The van der Waals surface area contributed by atoms with Gasteiger partial charge in [0.05, 0.1) is 6.20 Å². The fourth-order valence-electron chi connectivity index (χ4n) is 2.35. The molecule has 8 heteroatoms. The van der Waals surface area contributed by atoms with Crippen LogP contribution in [-0.4, -0.2) is 40.8 Å². The minimum Gasteiger partial charge on any atom is -0.383 e. The molecule has 19 heavy (non-hydrogen) atoms. The van der Waals surface area contributed by atoms with Crippen LogP contribution in [0.5, 0.6) is 0 Å². The molecular formula is C11H14BrClN6. The van der Waals surface area contributed by atoms with E-state index in [1.807, 2.05) is 7.05 Å². The summed E-state index contributed by atoms with van der Waals surface area (Å²) in [5.41, 5.74) is 6.67. The zero-order chi connectivity index (χ0) is 13.6. The van der Waals surface area contributed by atoms with Gasteiger partial charge in [0.25, 0.3) is 0 Å². The Morgan fingerprint density at radius 1 is 1.58 bits per heavy atom. The molecule has 1 saturated heterocycles. The summed E-state index contributed by atoms with van der Waals surface area (Å²) >= 11 is 9.59. The fourth-order valence-corrected chi connectivity index (χ4v) is 3.03. The van der Waals surface area contributed by atoms with Crippen molar-refractivity contribution >= 4 is 44.8 Å². The van der Waals surface area contributed by atoms with Crippen molar-refractivity contribution < 1.29 is 0 Å². The molecule has 1 atom stereocenters. The van der Waals surface area contributed by atoms with Gasteiger partial charge in [0, 0.05) is 19.1 Å². The number of hydrogen-bond donors (Lipinski definition) is 2. The van der Waals surface area contributed by atoms with Crippen molar-refractivity contribution in [2.24, 2.45) is 0 Å². The number of nitrogens with zero attached hydrogens (tertiary/aromatic N) is 4. The van der Waals surface area contributed by atoms with E-state index in [1.54, 1.807) is 10.7 Å². The topological polar surface area (TPSA) is 71.5 Å². The molecule has 1 aliphatic heterocycles. The first-order valence-electron chi connectivity index (χ1n) is 6.02. The minimum atomic E-state index is 0.478. The number of nitrogens with two attached hydrogens (primary N) is 1. The van der Waals surface area contributed by atoms with Crippen LogP contribution in [0.15, 0.2) is 10.7 Å². The summed E-state index contributed by atoms with van der Waals surface area (Å²) in [5, 5.41) is 7.90. The Labute approximate surface area is 124 Å². The Kier molecular flexibility index (Phi) is 3.28. The first kappa shape index (κ1) is 13.0. The SMILES string of the molecule is CN[C@H]1CCN(c2nc3c(Cl)cnn3c(N)c2Br)C1. The molecule has 1 fully saturated rings. The normalized spacial score (nSPS) is 19.5. The Morgan fingerprint density at radius 2 is 2.37 bits per heavy atom. The Hall–Kier alpha value is -1.05. The first-order valence-corrected chi connectivity index (χ1v) is 7.19. The standard InChI is InChI=1S/C11H14BrClN6/c1-15-6-2-3-18(5-6)11-8(12)9(14)19-10(17-11)7(13)4-16-19/h4,6,15H,2-3,5,14H2,1H3/t6-/m0/s1. The van der Waals surface area contributed by atoms with Crippen molar-refractivity contribution in [3.8, 4) is 0 Å². The largest absolute Gasteiger partial charge is 0.383 e. The van der Waals surface area contributed by atoms with E-state index in [0.717, 1.165) is 29.8 Å². The average Bonchev–Trinajstić information content (AvgIpc) is 3.01. The van der Waals surface area contributed by atoms with E-state index in [-0.39, 0.29) is 0 Å². The Balaban J connectivity index is 2.08. The van der Waals surface area contributed by atoms with Gasteiger partial charge < -0.3 is 16.0 Å². The number of nitrogen functional groups attached to an aromatic ring is 1. The van der Waals surface area contributed by atoms with Gasteiger partial charge in [0.15, 0.2) is 5.65 Å². The predicted molar refractivity (Wildman–Crippen MR) is 79.8 cm³/mol. The third-order valence-corrected chi connectivity index (χ3v) is 4.49. The van der Waals surface area contributed by atoms with Gasteiger partial charge in [-0.3, -0.25) is 0 Å². The van der Waals surface area contributed by atoms with Crippen molar-refractivity contribution in [2.45, 2.75) is 12.5 Å². The lowest BCUT2D eigenvalue weighted by Crippen LogP contribution is -2.30. The van der Waals surface area contributed by atoms with E-state index < -0.39 is 0 Å². The van der Waals surface area contributed by atoms with Gasteiger partial charge in [-0.15, -0.1) is 0 Å². The molecule has 3 rings (SSSR count). The highest BCUT2D eigenvalue weighted by atomic mass is 79.9. The van der Waals surface area contributed by atoms with Gasteiger partial charge in [-0.1, -0.05) is 11.6 Å². The van der Waals surface area contributed by atoms with E-state index in [2.05, 4.69) is 36.2 Å².